The molecule has 0 amide bonds. The predicted octanol–water partition coefficient (Wildman–Crippen LogP) is 2.97. The average Bonchev–Trinajstić information content (AvgIpc) is 3.11. The molecule has 5 heteroatoms. The standard InChI is InChI=1S/C15H17N3OS/c1-19-11-4-5-13-14(9-11)18-15(17-13)10-16-7-6-12-3-2-8-20-12/h2-5,8-9,16H,6-7,10H2,1H3,(H,17,18). The number of nitrogens with zero attached hydrogens (tertiary/aromatic N) is 1. The van der Waals surface area contributed by atoms with Crippen molar-refractivity contribution in [2.45, 2.75) is 13.0 Å². The van der Waals surface area contributed by atoms with Gasteiger partial charge in [0.25, 0.3) is 0 Å². The van der Waals surface area contributed by atoms with Gasteiger partial charge in [0.05, 0.1) is 24.7 Å². The zero-order valence-corrected chi connectivity index (χ0v) is 12.2. The van der Waals surface area contributed by atoms with E-state index >= 15 is 0 Å². The number of imidazole rings is 1. The summed E-state index contributed by atoms with van der Waals surface area (Å²) in [5.41, 5.74) is 1.99. The summed E-state index contributed by atoms with van der Waals surface area (Å²) in [6.07, 6.45) is 1.06. The monoisotopic (exact) mass is 287 g/mol. The molecule has 3 aromatic rings. The van der Waals surface area contributed by atoms with Crippen molar-refractivity contribution >= 4 is 22.4 Å². The first kappa shape index (κ1) is 13.1. The molecule has 2 aromatic heterocycles. The molecule has 0 fully saturated rings. The van der Waals surface area contributed by atoms with E-state index in [1.165, 1.54) is 4.88 Å². The van der Waals surface area contributed by atoms with Crippen LogP contribution in [0.1, 0.15) is 10.7 Å². The maximum Gasteiger partial charge on any atom is 0.121 e. The second-order valence-electron chi connectivity index (χ2n) is 4.57. The maximum absolute atomic E-state index is 5.21. The van der Waals surface area contributed by atoms with Crippen LogP contribution in [0.25, 0.3) is 11.0 Å². The normalized spacial score (nSPS) is 11.1. The van der Waals surface area contributed by atoms with Crippen molar-refractivity contribution in [2.24, 2.45) is 0 Å². The Bertz CT molecular complexity index is 676. The molecular weight excluding hydrogens is 270 g/mol. The van der Waals surface area contributed by atoms with E-state index in [0.717, 1.165) is 42.1 Å². The Hall–Kier alpha value is -1.85. The molecule has 0 bridgehead atoms. The topological polar surface area (TPSA) is 49.9 Å². The highest BCUT2D eigenvalue weighted by molar-refractivity contribution is 7.09. The van der Waals surface area contributed by atoms with Crippen LogP contribution in [0.3, 0.4) is 0 Å². The second kappa shape index (κ2) is 6.07. The van der Waals surface area contributed by atoms with Gasteiger partial charge in [0.15, 0.2) is 0 Å². The second-order valence-corrected chi connectivity index (χ2v) is 5.60. The molecular formula is C15H17N3OS. The highest BCUT2D eigenvalue weighted by Gasteiger charge is 2.03. The van der Waals surface area contributed by atoms with Crippen molar-refractivity contribution in [1.29, 1.82) is 0 Å². The molecule has 0 aliphatic rings. The summed E-state index contributed by atoms with van der Waals surface area (Å²) in [5, 5.41) is 5.52. The summed E-state index contributed by atoms with van der Waals surface area (Å²) in [6, 6.07) is 10.1. The summed E-state index contributed by atoms with van der Waals surface area (Å²) >= 11 is 1.80. The lowest BCUT2D eigenvalue weighted by Gasteiger charge is -2.00. The Kier molecular flexibility index (Phi) is 3.99. The Balaban J connectivity index is 1.57. The molecule has 0 saturated heterocycles. The van der Waals surface area contributed by atoms with Crippen LogP contribution in [0.2, 0.25) is 0 Å². The van der Waals surface area contributed by atoms with Gasteiger partial charge in [0.2, 0.25) is 0 Å². The molecule has 2 N–H and O–H groups in total. The van der Waals surface area contributed by atoms with Gasteiger partial charge >= 0.3 is 0 Å². The van der Waals surface area contributed by atoms with Gasteiger partial charge in [0.1, 0.15) is 11.6 Å². The van der Waals surface area contributed by atoms with Crippen molar-refractivity contribution in [3.8, 4) is 5.75 Å². The van der Waals surface area contributed by atoms with Gasteiger partial charge < -0.3 is 15.0 Å². The molecule has 3 rings (SSSR count). The van der Waals surface area contributed by atoms with E-state index in [-0.39, 0.29) is 0 Å². The van der Waals surface area contributed by atoms with Crippen LogP contribution in [-0.4, -0.2) is 23.6 Å². The SMILES string of the molecule is COc1ccc2nc(CNCCc3cccs3)[nH]c2c1. The Labute approximate surface area is 121 Å². The molecule has 4 nitrogen and oxygen atoms in total. The lowest BCUT2D eigenvalue weighted by Crippen LogP contribution is -2.17. The summed E-state index contributed by atoms with van der Waals surface area (Å²) in [6.45, 7) is 1.71. The fourth-order valence-corrected chi connectivity index (χ4v) is 2.83. The Morgan fingerprint density at radius 1 is 1.35 bits per heavy atom. The minimum atomic E-state index is 0.752. The van der Waals surface area contributed by atoms with Gasteiger partial charge in [0, 0.05) is 17.5 Å². The third-order valence-corrected chi connectivity index (χ3v) is 4.09. The molecule has 0 spiro atoms. The maximum atomic E-state index is 5.21. The number of benzene rings is 1. The van der Waals surface area contributed by atoms with Gasteiger partial charge in [-0.05, 0) is 30.0 Å². The number of rotatable bonds is 6. The van der Waals surface area contributed by atoms with Crippen LogP contribution in [0.15, 0.2) is 35.7 Å². The fraction of sp³-hybridized carbons (Fsp3) is 0.267. The van der Waals surface area contributed by atoms with Crippen LogP contribution >= 0.6 is 11.3 Å². The molecule has 0 radical (unpaired) electrons. The number of ether oxygens (including phenoxy) is 1. The van der Waals surface area contributed by atoms with Gasteiger partial charge in [-0.3, -0.25) is 0 Å². The van der Waals surface area contributed by atoms with Gasteiger partial charge in [-0.25, -0.2) is 4.98 Å². The molecule has 1 aromatic carbocycles. The summed E-state index contributed by atoms with van der Waals surface area (Å²) in [7, 11) is 1.67. The Morgan fingerprint density at radius 2 is 2.30 bits per heavy atom. The van der Waals surface area contributed by atoms with Gasteiger partial charge in [-0.1, -0.05) is 6.07 Å². The first-order valence-electron chi connectivity index (χ1n) is 6.61. The number of aromatic nitrogens is 2. The van der Waals surface area contributed by atoms with E-state index in [1.54, 1.807) is 18.4 Å². The van der Waals surface area contributed by atoms with Crippen molar-refractivity contribution in [1.82, 2.24) is 15.3 Å². The minimum absolute atomic E-state index is 0.752. The van der Waals surface area contributed by atoms with E-state index in [9.17, 15) is 0 Å². The van der Waals surface area contributed by atoms with E-state index in [2.05, 4.69) is 32.8 Å². The zero-order valence-electron chi connectivity index (χ0n) is 11.3. The number of hydrogen-bond donors (Lipinski definition) is 2. The number of thiophene rings is 1. The number of nitrogens with one attached hydrogen (secondary N) is 2. The number of aromatic amines is 1. The van der Waals surface area contributed by atoms with Crippen LogP contribution in [0, 0.1) is 0 Å². The third-order valence-electron chi connectivity index (χ3n) is 3.16. The number of H-pyrrole nitrogens is 1. The summed E-state index contributed by atoms with van der Waals surface area (Å²) in [5.74, 6) is 1.80. The lowest BCUT2D eigenvalue weighted by atomic mass is 10.3. The largest absolute Gasteiger partial charge is 0.497 e. The highest BCUT2D eigenvalue weighted by atomic mass is 32.1. The zero-order chi connectivity index (χ0) is 13.8. The molecule has 2 heterocycles. The van der Waals surface area contributed by atoms with E-state index in [0.29, 0.717) is 0 Å². The van der Waals surface area contributed by atoms with Gasteiger partial charge in [-0.15, -0.1) is 11.3 Å². The Morgan fingerprint density at radius 3 is 3.10 bits per heavy atom. The smallest absolute Gasteiger partial charge is 0.121 e. The van der Waals surface area contributed by atoms with Crippen LogP contribution < -0.4 is 10.1 Å². The van der Waals surface area contributed by atoms with E-state index < -0.39 is 0 Å². The molecule has 0 aliphatic carbocycles. The number of methoxy groups -OCH3 is 1. The number of hydrogen-bond acceptors (Lipinski definition) is 4. The predicted molar refractivity (Wildman–Crippen MR) is 82.4 cm³/mol. The number of fused-ring (bicyclic) bond motifs is 1. The molecule has 0 unspecified atom stereocenters. The van der Waals surface area contributed by atoms with E-state index in [1.807, 2.05) is 18.2 Å². The lowest BCUT2D eigenvalue weighted by molar-refractivity contribution is 0.415. The summed E-state index contributed by atoms with van der Waals surface area (Å²) in [4.78, 5) is 9.27. The van der Waals surface area contributed by atoms with Crippen molar-refractivity contribution in [2.75, 3.05) is 13.7 Å². The molecule has 20 heavy (non-hydrogen) atoms. The minimum Gasteiger partial charge on any atom is -0.497 e. The fourth-order valence-electron chi connectivity index (χ4n) is 2.13. The first-order chi connectivity index (χ1) is 9.85. The third kappa shape index (κ3) is 3.00. The molecule has 0 atom stereocenters. The van der Waals surface area contributed by atoms with Crippen molar-refractivity contribution < 1.29 is 4.74 Å². The van der Waals surface area contributed by atoms with Crippen LogP contribution in [0.4, 0.5) is 0 Å². The molecule has 104 valence electrons. The highest BCUT2D eigenvalue weighted by Crippen LogP contribution is 2.18. The van der Waals surface area contributed by atoms with Crippen LogP contribution in [-0.2, 0) is 13.0 Å². The summed E-state index contributed by atoms with van der Waals surface area (Å²) < 4.78 is 5.21. The molecule has 0 aliphatic heterocycles. The average molecular weight is 287 g/mol. The van der Waals surface area contributed by atoms with Crippen LogP contribution in [0.5, 0.6) is 5.75 Å². The first-order valence-corrected chi connectivity index (χ1v) is 7.49. The van der Waals surface area contributed by atoms with Crippen molar-refractivity contribution in [3.05, 3.63) is 46.4 Å². The quantitative estimate of drug-likeness (QED) is 0.685. The van der Waals surface area contributed by atoms with Gasteiger partial charge in [-0.2, -0.15) is 0 Å². The molecule has 0 saturated carbocycles. The van der Waals surface area contributed by atoms with E-state index in [4.69, 9.17) is 4.74 Å². The van der Waals surface area contributed by atoms with Crippen molar-refractivity contribution in [3.63, 3.8) is 0 Å².